The molecule has 0 bridgehead atoms. The maximum absolute atomic E-state index is 9.65. The van der Waals surface area contributed by atoms with Gasteiger partial charge >= 0.3 is 0 Å². The van der Waals surface area contributed by atoms with Crippen molar-refractivity contribution in [2.24, 2.45) is 10.2 Å². The molecule has 0 saturated heterocycles. The van der Waals surface area contributed by atoms with E-state index in [1.165, 1.54) is 29.0 Å². The lowest BCUT2D eigenvalue weighted by Gasteiger charge is -2.26. The molecule has 1 aliphatic rings. The van der Waals surface area contributed by atoms with Crippen LogP contribution in [0.4, 0.5) is 17.6 Å². The molecule has 0 unspecified atom stereocenters. The number of azo groups is 1. The van der Waals surface area contributed by atoms with Crippen molar-refractivity contribution < 1.29 is 0 Å². The molecular formula is C21H17N15. The SMILES string of the molecule is C/C=C1/C=CC(C#N)=C(N=NC)N1c1nc(-n2ncc(C#N)c2N)nc(-n2ncc(CC#N)c2N)n1. The van der Waals surface area contributed by atoms with Crippen LogP contribution in [0.3, 0.4) is 0 Å². The van der Waals surface area contributed by atoms with Crippen LogP contribution in [0, 0.1) is 34.0 Å². The van der Waals surface area contributed by atoms with E-state index in [-0.39, 0.29) is 52.9 Å². The van der Waals surface area contributed by atoms with Gasteiger partial charge in [-0.15, -0.1) is 5.11 Å². The highest BCUT2D eigenvalue weighted by atomic mass is 15.5. The Bertz CT molecular complexity index is 1590. The highest BCUT2D eigenvalue weighted by Gasteiger charge is 2.27. The van der Waals surface area contributed by atoms with Crippen molar-refractivity contribution in [1.29, 1.82) is 15.8 Å². The molecule has 0 aliphatic carbocycles. The van der Waals surface area contributed by atoms with Crippen molar-refractivity contribution in [3.05, 3.63) is 58.8 Å². The minimum atomic E-state index is -0.0537. The van der Waals surface area contributed by atoms with Gasteiger partial charge in [0.1, 0.15) is 29.3 Å². The molecule has 1 aliphatic heterocycles. The van der Waals surface area contributed by atoms with E-state index in [4.69, 9.17) is 16.7 Å². The zero-order valence-electron chi connectivity index (χ0n) is 19.1. The van der Waals surface area contributed by atoms with Gasteiger partial charge < -0.3 is 11.5 Å². The molecule has 0 radical (unpaired) electrons. The van der Waals surface area contributed by atoms with Gasteiger partial charge in [-0.2, -0.15) is 55.4 Å². The van der Waals surface area contributed by atoms with Gasteiger partial charge in [0.2, 0.25) is 5.95 Å². The number of hydrogen-bond acceptors (Lipinski definition) is 13. The van der Waals surface area contributed by atoms with Crippen LogP contribution >= 0.6 is 0 Å². The first-order valence-corrected chi connectivity index (χ1v) is 10.3. The van der Waals surface area contributed by atoms with Gasteiger partial charge in [0, 0.05) is 18.3 Å². The summed E-state index contributed by atoms with van der Waals surface area (Å²) in [7, 11) is 1.47. The summed E-state index contributed by atoms with van der Waals surface area (Å²) < 4.78 is 2.39. The van der Waals surface area contributed by atoms with Gasteiger partial charge in [-0.3, -0.25) is 4.90 Å². The number of nitriles is 3. The Morgan fingerprint density at radius 2 is 1.61 bits per heavy atom. The summed E-state index contributed by atoms with van der Waals surface area (Å²) in [6, 6.07) is 6.04. The van der Waals surface area contributed by atoms with Crippen LogP contribution in [0.2, 0.25) is 0 Å². The third-order valence-corrected chi connectivity index (χ3v) is 5.00. The van der Waals surface area contributed by atoms with Crippen molar-refractivity contribution >= 4 is 17.6 Å². The number of aromatic nitrogens is 7. The van der Waals surface area contributed by atoms with Crippen LogP contribution in [0.5, 0.6) is 0 Å². The molecule has 3 aromatic rings. The fourth-order valence-electron chi connectivity index (χ4n) is 3.29. The molecule has 15 heteroatoms. The zero-order chi connectivity index (χ0) is 25.8. The van der Waals surface area contributed by atoms with E-state index in [0.717, 1.165) is 4.68 Å². The van der Waals surface area contributed by atoms with Gasteiger partial charge in [-0.05, 0) is 19.1 Å². The Kier molecular flexibility index (Phi) is 6.17. The molecule has 176 valence electrons. The van der Waals surface area contributed by atoms with Gasteiger partial charge in [-0.25, -0.2) is 0 Å². The Balaban J connectivity index is 2.02. The summed E-state index contributed by atoms with van der Waals surface area (Å²) in [5.74, 6) is 0.266. The summed E-state index contributed by atoms with van der Waals surface area (Å²) in [5, 5.41) is 44.3. The zero-order valence-corrected chi connectivity index (χ0v) is 19.1. The molecule has 0 aromatic carbocycles. The fourth-order valence-corrected chi connectivity index (χ4v) is 3.29. The second-order valence-corrected chi connectivity index (χ2v) is 7.04. The topological polar surface area (TPSA) is 226 Å². The van der Waals surface area contributed by atoms with Crippen molar-refractivity contribution in [1.82, 2.24) is 34.5 Å². The Morgan fingerprint density at radius 1 is 0.944 bits per heavy atom. The second kappa shape index (κ2) is 9.54. The van der Waals surface area contributed by atoms with E-state index in [1.54, 1.807) is 25.2 Å². The number of anilines is 3. The first-order valence-electron chi connectivity index (χ1n) is 10.3. The molecule has 3 aromatic heterocycles. The number of nitrogen functional groups attached to an aromatic ring is 2. The van der Waals surface area contributed by atoms with Crippen LogP contribution in [0.1, 0.15) is 18.1 Å². The molecule has 4 rings (SSSR count). The summed E-state index contributed by atoms with van der Waals surface area (Å²) in [5.41, 5.74) is 13.7. The molecule has 36 heavy (non-hydrogen) atoms. The van der Waals surface area contributed by atoms with Crippen LogP contribution in [-0.2, 0) is 6.42 Å². The van der Waals surface area contributed by atoms with E-state index < -0.39 is 0 Å². The van der Waals surface area contributed by atoms with Crippen molar-refractivity contribution in [3.8, 4) is 30.1 Å². The first kappa shape index (κ1) is 23.3. The number of rotatable bonds is 5. The van der Waals surface area contributed by atoms with Crippen molar-refractivity contribution in [3.63, 3.8) is 0 Å². The monoisotopic (exact) mass is 479 g/mol. The normalized spacial score (nSPS) is 14.3. The van der Waals surface area contributed by atoms with E-state index >= 15 is 0 Å². The fraction of sp³-hybridized carbons (Fsp3) is 0.143. The lowest BCUT2D eigenvalue weighted by atomic mass is 10.1. The standard InChI is InChI=1S/C21H17N15/c1-3-15-5-4-12(8-23)18(33-27-2)34(15)19-30-20(35-16(25)13(6-7-22)10-28-35)32-21(31-19)36-17(26)14(9-24)11-29-36/h3-5,10-11H,6,25-26H2,1-2H3/b15-3-,33-27?. The first-order chi connectivity index (χ1) is 17.5. The number of nitrogens with zero attached hydrogens (tertiary/aromatic N) is 13. The maximum atomic E-state index is 9.65. The van der Waals surface area contributed by atoms with E-state index in [0.29, 0.717) is 11.3 Å². The third kappa shape index (κ3) is 3.87. The lowest BCUT2D eigenvalue weighted by Crippen LogP contribution is -2.27. The quantitative estimate of drug-likeness (QED) is 0.497. The predicted octanol–water partition coefficient (Wildman–Crippen LogP) is 1.44. The summed E-state index contributed by atoms with van der Waals surface area (Å²) in [6.45, 7) is 1.79. The van der Waals surface area contributed by atoms with Crippen LogP contribution in [0.15, 0.2) is 57.9 Å². The number of allylic oxidation sites excluding steroid dienone is 4. The molecule has 4 N–H and O–H groups in total. The Morgan fingerprint density at radius 3 is 2.19 bits per heavy atom. The molecular weight excluding hydrogens is 462 g/mol. The molecule has 0 spiro atoms. The maximum Gasteiger partial charge on any atom is 0.259 e. The molecule has 15 nitrogen and oxygen atoms in total. The molecule has 0 atom stereocenters. The Hall–Kier alpha value is -5.88. The van der Waals surface area contributed by atoms with Crippen molar-refractivity contribution in [2.45, 2.75) is 13.3 Å². The number of hydrogen-bond donors (Lipinski definition) is 2. The minimum absolute atomic E-state index is 0.00530. The summed E-state index contributed by atoms with van der Waals surface area (Å²) >= 11 is 0. The molecule has 4 heterocycles. The van der Waals surface area contributed by atoms with Gasteiger partial charge in [-0.1, -0.05) is 6.08 Å². The lowest BCUT2D eigenvalue weighted by molar-refractivity contribution is 0.745. The van der Waals surface area contributed by atoms with Crippen LogP contribution < -0.4 is 16.4 Å². The van der Waals surface area contributed by atoms with Gasteiger partial charge in [0.15, 0.2) is 5.82 Å². The van der Waals surface area contributed by atoms with Crippen LogP contribution in [-0.4, -0.2) is 41.6 Å². The minimum Gasteiger partial charge on any atom is -0.383 e. The number of nitrogens with two attached hydrogens (primary N) is 2. The Labute approximate surface area is 204 Å². The highest BCUT2D eigenvalue weighted by Crippen LogP contribution is 2.31. The van der Waals surface area contributed by atoms with Crippen LogP contribution in [0.25, 0.3) is 11.9 Å². The highest BCUT2D eigenvalue weighted by molar-refractivity contribution is 5.62. The summed E-state index contributed by atoms with van der Waals surface area (Å²) in [6.07, 6.45) is 7.80. The van der Waals surface area contributed by atoms with Gasteiger partial charge in [0.05, 0.1) is 30.5 Å². The van der Waals surface area contributed by atoms with E-state index in [9.17, 15) is 10.5 Å². The molecule has 0 saturated carbocycles. The molecule has 0 amide bonds. The predicted molar refractivity (Wildman–Crippen MR) is 126 cm³/mol. The summed E-state index contributed by atoms with van der Waals surface area (Å²) in [4.78, 5) is 14.9. The largest absolute Gasteiger partial charge is 0.383 e. The average Bonchev–Trinajstić information content (AvgIpc) is 3.45. The van der Waals surface area contributed by atoms with Crippen molar-refractivity contribution in [2.75, 3.05) is 23.4 Å². The van der Waals surface area contributed by atoms with E-state index in [2.05, 4.69) is 41.4 Å². The average molecular weight is 479 g/mol. The van der Waals surface area contributed by atoms with E-state index in [1.807, 2.05) is 12.1 Å². The molecule has 0 fully saturated rings. The smallest absolute Gasteiger partial charge is 0.259 e. The third-order valence-electron chi connectivity index (χ3n) is 5.00. The second-order valence-electron chi connectivity index (χ2n) is 7.04. The van der Waals surface area contributed by atoms with Gasteiger partial charge in [0.25, 0.3) is 11.9 Å².